The summed E-state index contributed by atoms with van der Waals surface area (Å²) in [6.07, 6.45) is 8.76. The van der Waals surface area contributed by atoms with Crippen molar-refractivity contribution in [3.05, 3.63) is 58.5 Å². The number of nitrogens with zero attached hydrogens (tertiary/aromatic N) is 3. The smallest absolute Gasteiger partial charge is 0.264 e. The van der Waals surface area contributed by atoms with Crippen LogP contribution in [-0.4, -0.2) is 52.5 Å². The Labute approximate surface area is 227 Å². The van der Waals surface area contributed by atoms with Crippen molar-refractivity contribution in [3.63, 3.8) is 0 Å². The molecule has 1 heterocycles. The molecule has 0 bridgehead atoms. The lowest BCUT2D eigenvalue weighted by atomic mass is 10.1. The van der Waals surface area contributed by atoms with E-state index in [1.54, 1.807) is 65.9 Å². The lowest BCUT2D eigenvalue weighted by Crippen LogP contribution is -2.27. The van der Waals surface area contributed by atoms with Crippen LogP contribution in [0.4, 0.5) is 11.5 Å². The molecule has 1 aliphatic rings. The number of hydrogen-bond donors (Lipinski definition) is 3. The number of anilines is 2. The van der Waals surface area contributed by atoms with Gasteiger partial charge in [0, 0.05) is 36.1 Å². The van der Waals surface area contributed by atoms with E-state index in [1.165, 1.54) is 0 Å². The molecule has 0 amide bonds. The molecule has 1 aromatic carbocycles. The number of sulfonamides is 1. The second-order valence-electron chi connectivity index (χ2n) is 8.07. The van der Waals surface area contributed by atoms with E-state index < -0.39 is 10.0 Å². The molecule has 3 N–H and O–H groups in total. The fraction of sp³-hybridized carbons (Fsp3) is 0.320. The summed E-state index contributed by atoms with van der Waals surface area (Å²) in [5.74, 6) is 2.01. The predicted octanol–water partition coefficient (Wildman–Crippen LogP) is 4.29. The largest absolute Gasteiger partial charge is 0.493 e. The third kappa shape index (κ3) is 6.95. The number of nitrogens with one attached hydrogen (secondary N) is 3. The van der Waals surface area contributed by atoms with E-state index in [0.717, 1.165) is 11.1 Å². The number of rotatable bonds is 11. The molecule has 0 spiro atoms. The van der Waals surface area contributed by atoms with Gasteiger partial charge in [0.2, 0.25) is 5.75 Å². The Morgan fingerprint density at radius 2 is 1.79 bits per heavy atom. The molecule has 3 rings (SSSR count). The SMILES string of the molecule is CN/N=C(C)\C(=C\Cl)S(=O)(=O)NC1=CC=C(c2cncc(Nc3cc(OC)c(OC)c(OC)c3)n2)CCC1. The average molecular weight is 563 g/mol. The number of allylic oxidation sites excluding steroid dienone is 5. The molecule has 0 fully saturated rings. The molecular formula is C25H31ClN6O5S. The van der Waals surface area contributed by atoms with Gasteiger partial charge in [-0.25, -0.2) is 13.4 Å². The second-order valence-corrected chi connectivity index (χ2v) is 9.93. The molecule has 0 saturated heterocycles. The average Bonchev–Trinajstić information content (AvgIpc) is 3.13. The lowest BCUT2D eigenvalue weighted by Gasteiger charge is -2.15. The maximum atomic E-state index is 12.9. The summed E-state index contributed by atoms with van der Waals surface area (Å²) in [6, 6.07) is 3.54. The Bertz CT molecular complexity index is 1360. The van der Waals surface area contributed by atoms with E-state index in [9.17, 15) is 8.42 Å². The fourth-order valence-electron chi connectivity index (χ4n) is 3.80. The summed E-state index contributed by atoms with van der Waals surface area (Å²) < 4.78 is 44.6. The van der Waals surface area contributed by atoms with Crippen LogP contribution in [0, 0.1) is 0 Å². The van der Waals surface area contributed by atoms with Crippen LogP contribution in [0.3, 0.4) is 0 Å². The first kappa shape index (κ1) is 28.8. The Kier molecular flexibility index (Phi) is 9.97. The molecule has 13 heteroatoms. The molecule has 204 valence electrons. The van der Waals surface area contributed by atoms with Crippen molar-refractivity contribution in [1.29, 1.82) is 0 Å². The molecule has 2 aromatic rings. The minimum absolute atomic E-state index is 0.112. The van der Waals surface area contributed by atoms with Gasteiger partial charge in [0.1, 0.15) is 10.7 Å². The van der Waals surface area contributed by atoms with Gasteiger partial charge < -0.3 is 25.0 Å². The van der Waals surface area contributed by atoms with Crippen molar-refractivity contribution in [3.8, 4) is 17.2 Å². The monoisotopic (exact) mass is 562 g/mol. The molecule has 1 aliphatic carbocycles. The molecule has 11 nitrogen and oxygen atoms in total. The van der Waals surface area contributed by atoms with Crippen LogP contribution in [0.15, 0.2) is 57.9 Å². The van der Waals surface area contributed by atoms with Gasteiger partial charge in [0.15, 0.2) is 11.5 Å². The summed E-state index contributed by atoms with van der Waals surface area (Å²) in [5.41, 5.74) is 6.61. The van der Waals surface area contributed by atoms with Gasteiger partial charge in [-0.2, -0.15) is 5.10 Å². The number of benzene rings is 1. The van der Waals surface area contributed by atoms with Crippen molar-refractivity contribution in [1.82, 2.24) is 20.1 Å². The van der Waals surface area contributed by atoms with E-state index in [4.69, 9.17) is 30.8 Å². The zero-order valence-corrected chi connectivity index (χ0v) is 23.4. The minimum Gasteiger partial charge on any atom is -0.493 e. The highest BCUT2D eigenvalue weighted by molar-refractivity contribution is 7.94. The Hall–Kier alpha value is -3.77. The molecule has 38 heavy (non-hydrogen) atoms. The highest BCUT2D eigenvalue weighted by Gasteiger charge is 2.22. The zero-order valence-electron chi connectivity index (χ0n) is 21.8. The second kappa shape index (κ2) is 13.2. The normalized spacial score (nSPS) is 14.6. The van der Waals surface area contributed by atoms with Crippen molar-refractivity contribution in [2.24, 2.45) is 5.10 Å². The number of methoxy groups -OCH3 is 3. The highest BCUT2D eigenvalue weighted by atomic mass is 35.5. The third-order valence-corrected chi connectivity index (χ3v) is 7.44. The molecule has 1 aromatic heterocycles. The van der Waals surface area contributed by atoms with Crippen molar-refractivity contribution in [2.75, 3.05) is 33.7 Å². The van der Waals surface area contributed by atoms with Crippen LogP contribution in [0.2, 0.25) is 0 Å². The molecule has 0 unspecified atom stereocenters. The van der Waals surface area contributed by atoms with E-state index in [1.807, 2.05) is 6.08 Å². The van der Waals surface area contributed by atoms with Crippen LogP contribution < -0.4 is 29.7 Å². The van der Waals surface area contributed by atoms with Gasteiger partial charge in [0.25, 0.3) is 10.0 Å². The van der Waals surface area contributed by atoms with Gasteiger partial charge in [-0.3, -0.25) is 9.71 Å². The van der Waals surface area contributed by atoms with Crippen LogP contribution in [0.25, 0.3) is 5.57 Å². The fourth-order valence-corrected chi connectivity index (χ4v) is 5.49. The maximum Gasteiger partial charge on any atom is 0.264 e. The van der Waals surface area contributed by atoms with E-state index in [-0.39, 0.29) is 10.6 Å². The van der Waals surface area contributed by atoms with Gasteiger partial charge >= 0.3 is 0 Å². The van der Waals surface area contributed by atoms with Gasteiger partial charge in [-0.1, -0.05) is 17.7 Å². The lowest BCUT2D eigenvalue weighted by molar-refractivity contribution is 0.324. The first-order chi connectivity index (χ1) is 18.3. The van der Waals surface area contributed by atoms with E-state index >= 15 is 0 Å². The van der Waals surface area contributed by atoms with Crippen molar-refractivity contribution < 1.29 is 22.6 Å². The number of ether oxygens (including phenoxy) is 3. The molecule has 0 saturated carbocycles. The van der Waals surface area contributed by atoms with Gasteiger partial charge in [0.05, 0.1) is 45.1 Å². The van der Waals surface area contributed by atoms with Crippen LogP contribution in [-0.2, 0) is 10.0 Å². The van der Waals surface area contributed by atoms with E-state index in [2.05, 4.69) is 25.6 Å². The summed E-state index contributed by atoms with van der Waals surface area (Å²) in [7, 11) is 2.31. The summed E-state index contributed by atoms with van der Waals surface area (Å²) >= 11 is 5.80. The zero-order chi connectivity index (χ0) is 27.7. The molecule has 0 aliphatic heterocycles. The number of hydrazone groups is 1. The molecule has 0 atom stereocenters. The first-order valence-corrected chi connectivity index (χ1v) is 13.5. The summed E-state index contributed by atoms with van der Waals surface area (Å²) in [6.45, 7) is 1.56. The predicted molar refractivity (Wildman–Crippen MR) is 149 cm³/mol. The van der Waals surface area contributed by atoms with Crippen LogP contribution >= 0.6 is 11.6 Å². The Morgan fingerprint density at radius 3 is 2.39 bits per heavy atom. The number of halogens is 1. The molecular weight excluding hydrogens is 532 g/mol. The number of hydrogen-bond acceptors (Lipinski definition) is 10. The minimum atomic E-state index is -3.91. The van der Waals surface area contributed by atoms with Gasteiger partial charge in [-0.05, 0) is 37.8 Å². The van der Waals surface area contributed by atoms with Crippen molar-refractivity contribution >= 4 is 44.4 Å². The standard InChI is InChI=1S/C25H31ClN6O5S/c1-16(31-27-2)23(13-26)38(33,34)32-18-8-6-7-17(9-10-18)20-14-28-15-24(30-20)29-19-11-21(35-3)25(37-5)22(12-19)36-4/h9-15,27,32H,6-8H2,1-5H3,(H,29,30)/b23-13-,31-16-. The topological polar surface area (TPSA) is 136 Å². The number of aromatic nitrogens is 2. The molecule has 0 radical (unpaired) electrons. The summed E-state index contributed by atoms with van der Waals surface area (Å²) in [5, 5.41) is 7.13. The Balaban J connectivity index is 1.83. The third-order valence-electron chi connectivity index (χ3n) is 5.57. The van der Waals surface area contributed by atoms with Gasteiger partial charge in [-0.15, -0.1) is 0 Å². The van der Waals surface area contributed by atoms with Crippen molar-refractivity contribution in [2.45, 2.75) is 26.2 Å². The first-order valence-electron chi connectivity index (χ1n) is 11.6. The Morgan fingerprint density at radius 1 is 1.08 bits per heavy atom. The van der Waals surface area contributed by atoms with Crippen LogP contribution in [0.1, 0.15) is 31.9 Å². The summed E-state index contributed by atoms with van der Waals surface area (Å²) in [4.78, 5) is 8.92. The van der Waals surface area contributed by atoms with Crippen LogP contribution in [0.5, 0.6) is 17.2 Å². The van der Waals surface area contributed by atoms with E-state index in [0.29, 0.717) is 59.4 Å². The maximum absolute atomic E-state index is 12.9. The highest BCUT2D eigenvalue weighted by Crippen LogP contribution is 2.40. The quantitative estimate of drug-likeness (QED) is 0.270.